The van der Waals surface area contributed by atoms with Gasteiger partial charge in [-0.2, -0.15) is 0 Å². The third kappa shape index (κ3) is 4.71. The Morgan fingerprint density at radius 1 is 0.543 bits per heavy atom. The Labute approximate surface area is 215 Å². The maximum atomic E-state index is 2.60. The van der Waals surface area contributed by atoms with Crippen molar-refractivity contribution in [3.8, 4) is 0 Å². The molecular formula is C35H48. The highest BCUT2D eigenvalue weighted by Gasteiger charge is 2.48. The Balaban J connectivity index is 1.89. The predicted octanol–water partition coefficient (Wildman–Crippen LogP) is 11.1. The van der Waals surface area contributed by atoms with Gasteiger partial charge in [0.05, 0.1) is 0 Å². The van der Waals surface area contributed by atoms with Crippen LogP contribution in [0.1, 0.15) is 140 Å². The van der Waals surface area contributed by atoms with Crippen LogP contribution in [0.15, 0.2) is 59.7 Å². The second-order valence-electron chi connectivity index (χ2n) is 11.6. The first kappa shape index (κ1) is 26.0. The van der Waals surface area contributed by atoms with E-state index in [1.165, 1.54) is 64.2 Å². The van der Waals surface area contributed by atoms with E-state index in [0.29, 0.717) is 11.8 Å². The van der Waals surface area contributed by atoms with E-state index in [1.807, 2.05) is 0 Å². The van der Waals surface area contributed by atoms with Gasteiger partial charge in [0.2, 0.25) is 0 Å². The lowest BCUT2D eigenvalue weighted by Gasteiger charge is -2.42. The van der Waals surface area contributed by atoms with Gasteiger partial charge in [0.15, 0.2) is 0 Å². The molecule has 2 unspecified atom stereocenters. The summed E-state index contributed by atoms with van der Waals surface area (Å²) in [6.45, 7) is 14.6. The summed E-state index contributed by atoms with van der Waals surface area (Å²) in [5, 5.41) is 0. The molecule has 4 rings (SSSR count). The first-order chi connectivity index (χ1) is 17.0. The van der Waals surface area contributed by atoms with Gasteiger partial charge in [0.25, 0.3) is 0 Å². The number of allylic oxidation sites excluding steroid dienone is 4. The minimum Gasteiger partial charge on any atom is -0.0654 e. The topological polar surface area (TPSA) is 0 Å². The van der Waals surface area contributed by atoms with Crippen molar-refractivity contribution in [2.24, 2.45) is 5.41 Å². The Bertz CT molecular complexity index is 991. The van der Waals surface area contributed by atoms with Crippen molar-refractivity contribution in [1.29, 1.82) is 0 Å². The van der Waals surface area contributed by atoms with Gasteiger partial charge in [0.1, 0.15) is 0 Å². The highest BCUT2D eigenvalue weighted by Crippen LogP contribution is 2.63. The molecule has 0 heterocycles. The molecule has 2 atom stereocenters. The van der Waals surface area contributed by atoms with Crippen LogP contribution in [0, 0.1) is 5.41 Å². The summed E-state index contributed by atoms with van der Waals surface area (Å²) >= 11 is 0. The zero-order valence-corrected chi connectivity index (χ0v) is 23.3. The van der Waals surface area contributed by atoms with E-state index < -0.39 is 0 Å². The standard InChI is InChI=1S/C35H48/c1-7-11-19-25-27-21-13-15-23-31(27)33(29(25)17-9-3)35(5,6)34-30(18-10-4)26(20-12-8-2)28-22-14-16-24-32(28)34/h13-16,21-24,33-34H,7-12,17-20H2,1-6H3. The highest BCUT2D eigenvalue weighted by molar-refractivity contribution is 5.81. The molecule has 0 saturated heterocycles. The minimum atomic E-state index is 0.128. The Morgan fingerprint density at radius 2 is 0.943 bits per heavy atom. The summed E-state index contributed by atoms with van der Waals surface area (Å²) in [5.41, 5.74) is 13.3. The maximum absolute atomic E-state index is 2.60. The van der Waals surface area contributed by atoms with Crippen molar-refractivity contribution in [2.45, 2.75) is 118 Å². The van der Waals surface area contributed by atoms with Crippen LogP contribution in [0.25, 0.3) is 11.1 Å². The molecule has 2 aliphatic carbocycles. The highest BCUT2D eigenvalue weighted by atomic mass is 14.5. The summed E-state index contributed by atoms with van der Waals surface area (Å²) in [4.78, 5) is 0. The summed E-state index contributed by atoms with van der Waals surface area (Å²) in [5.74, 6) is 1.00. The maximum Gasteiger partial charge on any atom is 0.0120 e. The van der Waals surface area contributed by atoms with E-state index in [0.717, 1.165) is 0 Å². The number of hydrogen-bond acceptors (Lipinski definition) is 0. The summed E-state index contributed by atoms with van der Waals surface area (Å²) in [6, 6.07) is 18.9. The monoisotopic (exact) mass is 468 g/mol. The van der Waals surface area contributed by atoms with E-state index >= 15 is 0 Å². The fourth-order valence-electron chi connectivity index (χ4n) is 7.41. The number of benzene rings is 2. The van der Waals surface area contributed by atoms with Crippen LogP contribution in [-0.4, -0.2) is 0 Å². The predicted molar refractivity (Wildman–Crippen MR) is 155 cm³/mol. The van der Waals surface area contributed by atoms with Crippen molar-refractivity contribution in [2.75, 3.05) is 0 Å². The van der Waals surface area contributed by atoms with Crippen molar-refractivity contribution < 1.29 is 0 Å². The molecule has 35 heavy (non-hydrogen) atoms. The lowest BCUT2D eigenvalue weighted by molar-refractivity contribution is 0.267. The van der Waals surface area contributed by atoms with E-state index in [4.69, 9.17) is 0 Å². The molecular weight excluding hydrogens is 420 g/mol. The SMILES string of the molecule is CCCCC1=C(CCC)C(C(C)(C)C2C(CCC)=C(CCCC)c3ccccc32)c2ccccc21. The lowest BCUT2D eigenvalue weighted by atomic mass is 9.61. The van der Waals surface area contributed by atoms with Crippen molar-refractivity contribution in [1.82, 2.24) is 0 Å². The second kappa shape index (κ2) is 11.3. The van der Waals surface area contributed by atoms with Crippen LogP contribution in [0.4, 0.5) is 0 Å². The van der Waals surface area contributed by atoms with Gasteiger partial charge in [0, 0.05) is 11.8 Å². The Kier molecular flexibility index (Phi) is 8.41. The van der Waals surface area contributed by atoms with Crippen molar-refractivity contribution in [3.05, 3.63) is 81.9 Å². The fourth-order valence-corrected chi connectivity index (χ4v) is 7.41. The van der Waals surface area contributed by atoms with Crippen molar-refractivity contribution in [3.63, 3.8) is 0 Å². The number of fused-ring (bicyclic) bond motifs is 2. The average Bonchev–Trinajstić information content (AvgIpc) is 3.34. The first-order valence-corrected chi connectivity index (χ1v) is 14.6. The summed E-state index contributed by atoms with van der Waals surface area (Å²) < 4.78 is 0. The number of unbranched alkanes of at least 4 members (excludes halogenated alkanes) is 2. The van der Waals surface area contributed by atoms with Gasteiger partial charge in [-0.3, -0.25) is 0 Å². The zero-order chi connectivity index (χ0) is 25.0. The van der Waals surface area contributed by atoms with Gasteiger partial charge in [-0.25, -0.2) is 0 Å². The molecule has 0 N–H and O–H groups in total. The molecule has 2 aliphatic rings. The number of rotatable bonds is 12. The molecule has 0 spiro atoms. The fraction of sp³-hybridized carbons (Fsp3) is 0.543. The van der Waals surface area contributed by atoms with Gasteiger partial charge < -0.3 is 0 Å². The van der Waals surface area contributed by atoms with Gasteiger partial charge in [-0.15, -0.1) is 0 Å². The van der Waals surface area contributed by atoms with Crippen LogP contribution >= 0.6 is 0 Å². The van der Waals surface area contributed by atoms with Gasteiger partial charge >= 0.3 is 0 Å². The van der Waals surface area contributed by atoms with Gasteiger partial charge in [-0.1, -0.05) is 127 Å². The third-order valence-corrected chi connectivity index (χ3v) is 8.75. The van der Waals surface area contributed by atoms with Crippen LogP contribution in [0.2, 0.25) is 0 Å². The molecule has 0 nitrogen and oxygen atoms in total. The van der Waals surface area contributed by atoms with Crippen LogP contribution < -0.4 is 0 Å². The molecule has 188 valence electrons. The van der Waals surface area contributed by atoms with E-state index in [2.05, 4.69) is 90.1 Å². The Morgan fingerprint density at radius 3 is 1.31 bits per heavy atom. The van der Waals surface area contributed by atoms with Crippen molar-refractivity contribution >= 4 is 11.1 Å². The second-order valence-corrected chi connectivity index (χ2v) is 11.6. The largest absolute Gasteiger partial charge is 0.0654 e. The molecule has 2 aromatic rings. The number of hydrogen-bond donors (Lipinski definition) is 0. The molecule has 0 bridgehead atoms. The lowest BCUT2D eigenvalue weighted by Crippen LogP contribution is -2.30. The summed E-state index contributed by atoms with van der Waals surface area (Å²) in [7, 11) is 0. The normalized spacial score (nSPS) is 19.5. The molecule has 0 radical (unpaired) electrons. The molecule has 0 aliphatic heterocycles. The zero-order valence-electron chi connectivity index (χ0n) is 23.3. The summed E-state index contributed by atoms with van der Waals surface area (Å²) in [6.07, 6.45) is 12.5. The van der Waals surface area contributed by atoms with Gasteiger partial charge in [-0.05, 0) is 77.3 Å². The van der Waals surface area contributed by atoms with Crippen LogP contribution in [0.3, 0.4) is 0 Å². The quantitative estimate of drug-likeness (QED) is 0.290. The first-order valence-electron chi connectivity index (χ1n) is 14.6. The van der Waals surface area contributed by atoms with E-state index in [-0.39, 0.29) is 5.41 Å². The third-order valence-electron chi connectivity index (χ3n) is 8.75. The van der Waals surface area contributed by atoms with E-state index in [9.17, 15) is 0 Å². The average molecular weight is 469 g/mol. The molecule has 0 heteroatoms. The smallest absolute Gasteiger partial charge is 0.0120 e. The Hall–Kier alpha value is -2.08. The molecule has 0 saturated carbocycles. The van der Waals surface area contributed by atoms with Crippen LogP contribution in [0.5, 0.6) is 0 Å². The molecule has 0 aromatic heterocycles. The van der Waals surface area contributed by atoms with Crippen LogP contribution in [-0.2, 0) is 0 Å². The molecule has 0 amide bonds. The molecule has 2 aromatic carbocycles. The van der Waals surface area contributed by atoms with E-state index in [1.54, 1.807) is 44.5 Å². The molecule has 0 fully saturated rings. The minimum absolute atomic E-state index is 0.128.